The van der Waals surface area contributed by atoms with E-state index in [0.29, 0.717) is 27.9 Å². The minimum atomic E-state index is -0.115. The smallest absolute Gasteiger partial charge is 0.267 e. The molecule has 0 bridgehead atoms. The van der Waals surface area contributed by atoms with Gasteiger partial charge in [0, 0.05) is 23.1 Å². The Morgan fingerprint density at radius 3 is 2.12 bits per heavy atom. The molecule has 1 saturated heterocycles. The molecule has 2 heterocycles. The molecule has 0 unspecified atom stereocenters. The average Bonchev–Trinajstić information content (AvgIpc) is 3.20. The van der Waals surface area contributed by atoms with E-state index in [1.54, 1.807) is 4.90 Å². The third-order valence-electron chi connectivity index (χ3n) is 6.02. The van der Waals surface area contributed by atoms with Gasteiger partial charge in [-0.1, -0.05) is 105 Å². The van der Waals surface area contributed by atoms with Gasteiger partial charge in [0.05, 0.1) is 16.2 Å². The lowest BCUT2D eigenvalue weighted by molar-refractivity contribution is -0.122. The molecule has 4 nitrogen and oxygen atoms in total. The number of nitrogens with zero attached hydrogens (tertiary/aromatic N) is 2. The fourth-order valence-electron chi connectivity index (χ4n) is 4.23. The molecule has 3 rings (SSSR count). The molecule has 2 aliphatic heterocycles. The van der Waals surface area contributed by atoms with Crippen LogP contribution in [-0.4, -0.2) is 34.1 Å². The molecule has 0 radical (unpaired) electrons. The monoisotopic (exact) mass is 536 g/mol. The number of hydrogen-bond donors (Lipinski definition) is 0. The zero-order valence-electron chi connectivity index (χ0n) is 19.1. The first kappa shape index (κ1) is 25.4. The lowest BCUT2D eigenvalue weighted by Crippen LogP contribution is -2.30. The van der Waals surface area contributed by atoms with Crippen molar-refractivity contribution in [3.63, 3.8) is 0 Å². The number of rotatable bonds is 12. The highest BCUT2D eigenvalue weighted by molar-refractivity contribution is 9.10. The molecule has 0 atom stereocenters. The maximum absolute atomic E-state index is 13.5. The van der Waals surface area contributed by atoms with Crippen molar-refractivity contribution in [2.75, 3.05) is 18.0 Å². The van der Waals surface area contributed by atoms with E-state index in [0.717, 1.165) is 47.8 Å². The van der Waals surface area contributed by atoms with Crippen molar-refractivity contribution in [3.05, 3.63) is 33.1 Å². The van der Waals surface area contributed by atoms with Gasteiger partial charge < -0.3 is 4.90 Å². The van der Waals surface area contributed by atoms with Crippen LogP contribution in [-0.2, 0) is 9.59 Å². The summed E-state index contributed by atoms with van der Waals surface area (Å²) in [5.74, 6) is -0.190. The summed E-state index contributed by atoms with van der Waals surface area (Å²) in [5, 5.41) is 0. The highest BCUT2D eigenvalue weighted by atomic mass is 79.9. The summed E-state index contributed by atoms with van der Waals surface area (Å²) in [6, 6.07) is 5.88. The quantitative estimate of drug-likeness (QED) is 0.159. The molecule has 0 aliphatic carbocycles. The number of hydrogen-bond acceptors (Lipinski definition) is 4. The molecule has 32 heavy (non-hydrogen) atoms. The number of fused-ring (bicyclic) bond motifs is 1. The van der Waals surface area contributed by atoms with Crippen LogP contribution in [0.5, 0.6) is 0 Å². The van der Waals surface area contributed by atoms with E-state index in [-0.39, 0.29) is 11.8 Å². The van der Waals surface area contributed by atoms with Gasteiger partial charge in [-0.3, -0.25) is 14.5 Å². The fraction of sp³-hybridized carbons (Fsp3) is 0.560. The van der Waals surface area contributed by atoms with Crippen LogP contribution < -0.4 is 4.90 Å². The van der Waals surface area contributed by atoms with E-state index >= 15 is 0 Å². The number of anilines is 1. The molecule has 2 aliphatic rings. The molecular weight excluding hydrogens is 504 g/mol. The molecule has 174 valence electrons. The van der Waals surface area contributed by atoms with E-state index in [9.17, 15) is 9.59 Å². The largest absolute Gasteiger partial charge is 0.308 e. The first-order valence-electron chi connectivity index (χ1n) is 11.9. The van der Waals surface area contributed by atoms with Crippen LogP contribution in [0.15, 0.2) is 27.6 Å². The van der Waals surface area contributed by atoms with Gasteiger partial charge >= 0.3 is 0 Å². The van der Waals surface area contributed by atoms with Crippen molar-refractivity contribution in [3.8, 4) is 0 Å². The van der Waals surface area contributed by atoms with E-state index < -0.39 is 0 Å². The van der Waals surface area contributed by atoms with Gasteiger partial charge in [0.25, 0.3) is 11.8 Å². The Morgan fingerprint density at radius 1 is 0.844 bits per heavy atom. The topological polar surface area (TPSA) is 40.6 Å². The summed E-state index contributed by atoms with van der Waals surface area (Å²) in [7, 11) is 0. The summed E-state index contributed by atoms with van der Waals surface area (Å²) in [5.41, 5.74) is 2.24. The van der Waals surface area contributed by atoms with Crippen molar-refractivity contribution in [1.82, 2.24) is 4.90 Å². The van der Waals surface area contributed by atoms with Gasteiger partial charge in [0.15, 0.2) is 0 Å². The van der Waals surface area contributed by atoms with Crippen LogP contribution in [0, 0.1) is 0 Å². The second kappa shape index (κ2) is 12.3. The van der Waals surface area contributed by atoms with Crippen molar-refractivity contribution < 1.29 is 9.59 Å². The van der Waals surface area contributed by atoms with Gasteiger partial charge in [-0.15, -0.1) is 0 Å². The average molecular weight is 538 g/mol. The molecule has 1 aromatic carbocycles. The van der Waals surface area contributed by atoms with Gasteiger partial charge in [-0.25, -0.2) is 0 Å². The van der Waals surface area contributed by atoms with E-state index in [4.69, 9.17) is 12.2 Å². The number of unbranched alkanes of at least 4 members (excludes halogenated alkanes) is 8. The number of amides is 2. The van der Waals surface area contributed by atoms with Crippen LogP contribution in [0.3, 0.4) is 0 Å². The molecule has 0 saturated carbocycles. The Bertz CT molecular complexity index is 900. The lowest BCUT2D eigenvalue weighted by atomic mass is 10.1. The predicted octanol–water partition coefficient (Wildman–Crippen LogP) is 7.31. The number of carbonyl (C=O) groups excluding carboxylic acids is 2. The number of benzene rings is 1. The Labute approximate surface area is 210 Å². The highest BCUT2D eigenvalue weighted by Gasteiger charge is 2.41. The summed E-state index contributed by atoms with van der Waals surface area (Å²) in [6.45, 7) is 5.70. The lowest BCUT2D eigenvalue weighted by Gasteiger charge is -2.17. The van der Waals surface area contributed by atoms with Gasteiger partial charge in [-0.05, 0) is 31.0 Å². The number of halogens is 1. The zero-order chi connectivity index (χ0) is 23.1. The maximum Gasteiger partial charge on any atom is 0.267 e. The Kier molecular flexibility index (Phi) is 9.80. The maximum atomic E-state index is 13.5. The van der Waals surface area contributed by atoms with Crippen molar-refractivity contribution in [1.29, 1.82) is 0 Å². The fourth-order valence-corrected chi connectivity index (χ4v) is 5.98. The minimum absolute atomic E-state index is 0.0744. The van der Waals surface area contributed by atoms with Crippen molar-refractivity contribution >= 4 is 67.3 Å². The number of thioether (sulfide) groups is 1. The Morgan fingerprint density at radius 2 is 1.44 bits per heavy atom. The standard InChI is InChI=1S/C25H33BrN2O2S2/c1-3-5-7-9-10-12-16-28-24(30)22(32-25(28)31)21-19-17-18(26)13-14-20(19)27(23(21)29)15-11-8-6-4-2/h13-14,17H,3-12,15-16H2,1-2H3. The van der Waals surface area contributed by atoms with E-state index in [2.05, 4.69) is 29.8 Å². The highest BCUT2D eigenvalue weighted by Crippen LogP contribution is 2.45. The predicted molar refractivity (Wildman–Crippen MR) is 143 cm³/mol. The summed E-state index contributed by atoms with van der Waals surface area (Å²) in [4.78, 5) is 30.8. The third kappa shape index (κ3) is 5.84. The van der Waals surface area contributed by atoms with Crippen LogP contribution >= 0.6 is 39.9 Å². The molecule has 1 fully saturated rings. The third-order valence-corrected chi connectivity index (χ3v) is 7.97. The van der Waals surface area contributed by atoms with Gasteiger partial charge in [0.1, 0.15) is 4.32 Å². The van der Waals surface area contributed by atoms with Crippen molar-refractivity contribution in [2.45, 2.75) is 78.1 Å². The summed E-state index contributed by atoms with van der Waals surface area (Å²) >= 11 is 10.4. The number of carbonyl (C=O) groups is 2. The zero-order valence-corrected chi connectivity index (χ0v) is 22.3. The molecule has 0 aromatic heterocycles. The molecule has 7 heteroatoms. The summed E-state index contributed by atoms with van der Waals surface area (Å²) < 4.78 is 1.47. The van der Waals surface area contributed by atoms with Gasteiger partial charge in [0.2, 0.25) is 0 Å². The second-order valence-corrected chi connectivity index (χ2v) is 11.0. The van der Waals surface area contributed by atoms with Gasteiger partial charge in [-0.2, -0.15) is 0 Å². The molecule has 2 amide bonds. The SMILES string of the molecule is CCCCCCCCN1C(=O)C(=C2C(=O)N(CCCCCC)c3ccc(Br)cc32)SC1=S. The molecule has 0 N–H and O–H groups in total. The number of thiocarbonyl (C=S) groups is 1. The van der Waals surface area contributed by atoms with Crippen LogP contribution in [0.4, 0.5) is 5.69 Å². The van der Waals surface area contributed by atoms with E-state index in [1.165, 1.54) is 43.9 Å². The Balaban J connectivity index is 1.78. The Hall–Kier alpha value is -1.18. The molecular formula is C25H33BrN2O2S2. The first-order valence-corrected chi connectivity index (χ1v) is 13.9. The van der Waals surface area contributed by atoms with E-state index in [1.807, 2.05) is 23.1 Å². The van der Waals surface area contributed by atoms with Crippen LogP contribution in [0.25, 0.3) is 5.57 Å². The second-order valence-electron chi connectivity index (χ2n) is 8.48. The van der Waals surface area contributed by atoms with Crippen LogP contribution in [0.1, 0.15) is 83.6 Å². The van der Waals surface area contributed by atoms with Crippen LogP contribution in [0.2, 0.25) is 0 Å². The first-order chi connectivity index (χ1) is 15.5. The normalized spacial score (nSPS) is 18.3. The molecule has 1 aromatic rings. The minimum Gasteiger partial charge on any atom is -0.308 e. The van der Waals surface area contributed by atoms with Crippen molar-refractivity contribution in [2.24, 2.45) is 0 Å². The summed E-state index contributed by atoms with van der Waals surface area (Å²) in [6.07, 6.45) is 11.3. The molecule has 0 spiro atoms.